The van der Waals surface area contributed by atoms with E-state index in [-0.39, 0.29) is 17.6 Å². The first-order valence-electron chi connectivity index (χ1n) is 6.44. The lowest BCUT2D eigenvalue weighted by Crippen LogP contribution is -2.12. The fourth-order valence-electron chi connectivity index (χ4n) is 1.63. The summed E-state index contributed by atoms with van der Waals surface area (Å²) in [6, 6.07) is 4.71. The van der Waals surface area contributed by atoms with E-state index < -0.39 is 5.97 Å². The number of thiazole rings is 1. The third kappa shape index (κ3) is 3.95. The van der Waals surface area contributed by atoms with Crippen molar-refractivity contribution in [2.75, 3.05) is 5.73 Å². The lowest BCUT2D eigenvalue weighted by atomic mass is 9.93. The zero-order valence-electron chi connectivity index (χ0n) is 12.1. The number of ether oxygens (including phenoxy) is 1. The van der Waals surface area contributed by atoms with Gasteiger partial charge in [0.05, 0.1) is 11.3 Å². The largest absolute Gasteiger partial charge is 0.455 e. The molecule has 0 saturated carbocycles. The van der Waals surface area contributed by atoms with E-state index in [1.54, 1.807) is 12.1 Å². The predicted molar refractivity (Wildman–Crippen MR) is 85.8 cm³/mol. The lowest BCUT2D eigenvalue weighted by Gasteiger charge is -2.14. The van der Waals surface area contributed by atoms with E-state index in [4.69, 9.17) is 22.1 Å². The molecule has 0 fully saturated rings. The van der Waals surface area contributed by atoms with E-state index in [0.717, 1.165) is 10.7 Å². The van der Waals surface area contributed by atoms with E-state index in [0.29, 0.717) is 10.7 Å². The first-order valence-corrected chi connectivity index (χ1v) is 7.70. The first-order chi connectivity index (χ1) is 9.77. The van der Waals surface area contributed by atoms with Crippen molar-refractivity contribution in [2.45, 2.75) is 32.8 Å². The van der Waals surface area contributed by atoms with Gasteiger partial charge in [0.1, 0.15) is 11.6 Å². The standard InChI is InChI=1S/C15H17ClN2O2S/c1-15(2,3)12-8-21-13(18-12)7-20-14(19)10-6-9(16)4-5-11(10)17/h4-6,8H,7,17H2,1-3H3. The van der Waals surface area contributed by atoms with Crippen molar-refractivity contribution < 1.29 is 9.53 Å². The molecule has 4 nitrogen and oxygen atoms in total. The maximum absolute atomic E-state index is 12.0. The van der Waals surface area contributed by atoms with Crippen LogP contribution in [0.4, 0.5) is 5.69 Å². The molecule has 0 bridgehead atoms. The number of benzene rings is 1. The zero-order valence-corrected chi connectivity index (χ0v) is 13.7. The Morgan fingerprint density at radius 1 is 1.43 bits per heavy atom. The molecular weight excluding hydrogens is 308 g/mol. The highest BCUT2D eigenvalue weighted by atomic mass is 35.5. The zero-order chi connectivity index (χ0) is 15.6. The Morgan fingerprint density at radius 3 is 2.76 bits per heavy atom. The average Bonchev–Trinajstić information content (AvgIpc) is 2.87. The van der Waals surface area contributed by atoms with E-state index in [1.807, 2.05) is 5.38 Å². The molecule has 0 saturated heterocycles. The Kier molecular flexibility index (Phi) is 4.54. The molecule has 6 heteroatoms. The number of hydrogen-bond acceptors (Lipinski definition) is 5. The van der Waals surface area contributed by atoms with Crippen LogP contribution in [-0.4, -0.2) is 11.0 Å². The number of esters is 1. The van der Waals surface area contributed by atoms with Crippen molar-refractivity contribution >= 4 is 34.6 Å². The number of halogens is 1. The normalized spacial score (nSPS) is 11.4. The Hall–Kier alpha value is -1.59. The van der Waals surface area contributed by atoms with Gasteiger partial charge in [0.2, 0.25) is 0 Å². The number of aromatic nitrogens is 1. The van der Waals surface area contributed by atoms with Gasteiger partial charge in [0.15, 0.2) is 0 Å². The SMILES string of the molecule is CC(C)(C)c1csc(COC(=O)c2cc(Cl)ccc2N)n1. The smallest absolute Gasteiger partial charge is 0.340 e. The van der Waals surface area contributed by atoms with Crippen LogP contribution in [0.2, 0.25) is 5.02 Å². The molecule has 0 aliphatic rings. The van der Waals surface area contributed by atoms with Gasteiger partial charge in [-0.2, -0.15) is 0 Å². The van der Waals surface area contributed by atoms with Crippen LogP contribution in [-0.2, 0) is 16.8 Å². The maximum atomic E-state index is 12.0. The van der Waals surface area contributed by atoms with Crippen molar-refractivity contribution in [3.05, 3.63) is 44.9 Å². The molecule has 112 valence electrons. The van der Waals surface area contributed by atoms with Crippen molar-refractivity contribution in [1.29, 1.82) is 0 Å². The number of nitrogen functional groups attached to an aromatic ring is 1. The second-order valence-corrected chi connectivity index (χ2v) is 7.06. The highest BCUT2D eigenvalue weighted by molar-refractivity contribution is 7.09. The molecule has 0 amide bonds. The third-order valence-corrected chi connectivity index (χ3v) is 3.94. The summed E-state index contributed by atoms with van der Waals surface area (Å²) in [5.74, 6) is -0.498. The van der Waals surface area contributed by atoms with Gasteiger partial charge in [-0.3, -0.25) is 0 Å². The number of carbonyl (C=O) groups is 1. The van der Waals surface area contributed by atoms with Gasteiger partial charge in [-0.05, 0) is 18.2 Å². The number of rotatable bonds is 3. The predicted octanol–water partition coefficient (Wildman–Crippen LogP) is 4.03. The lowest BCUT2D eigenvalue weighted by molar-refractivity contribution is 0.0473. The van der Waals surface area contributed by atoms with Gasteiger partial charge in [0, 0.05) is 21.5 Å². The summed E-state index contributed by atoms with van der Waals surface area (Å²) in [7, 11) is 0. The molecule has 2 aromatic rings. The first kappa shape index (κ1) is 15.8. The van der Waals surface area contributed by atoms with Gasteiger partial charge < -0.3 is 10.5 Å². The number of nitrogens with zero attached hydrogens (tertiary/aromatic N) is 1. The second kappa shape index (κ2) is 6.03. The molecule has 0 aliphatic heterocycles. The van der Waals surface area contributed by atoms with Crippen LogP contribution < -0.4 is 5.73 Å². The van der Waals surface area contributed by atoms with Crippen LogP contribution in [0.25, 0.3) is 0 Å². The monoisotopic (exact) mass is 324 g/mol. The summed E-state index contributed by atoms with van der Waals surface area (Å²) in [4.78, 5) is 16.5. The summed E-state index contributed by atoms with van der Waals surface area (Å²) in [6.45, 7) is 6.39. The minimum absolute atomic E-state index is 0.0177. The van der Waals surface area contributed by atoms with Gasteiger partial charge in [0.25, 0.3) is 0 Å². The van der Waals surface area contributed by atoms with Crippen molar-refractivity contribution in [1.82, 2.24) is 4.98 Å². The second-order valence-electron chi connectivity index (χ2n) is 5.68. The fraction of sp³-hybridized carbons (Fsp3) is 0.333. The van der Waals surface area contributed by atoms with E-state index in [9.17, 15) is 4.79 Å². The topological polar surface area (TPSA) is 65.2 Å². The quantitative estimate of drug-likeness (QED) is 0.683. The number of anilines is 1. The molecule has 21 heavy (non-hydrogen) atoms. The Bertz CT molecular complexity index is 662. The van der Waals surface area contributed by atoms with E-state index in [1.165, 1.54) is 17.4 Å². The number of hydrogen-bond donors (Lipinski definition) is 1. The van der Waals surface area contributed by atoms with Gasteiger partial charge >= 0.3 is 5.97 Å². The number of carbonyl (C=O) groups excluding carboxylic acids is 1. The molecule has 0 spiro atoms. The molecule has 1 aromatic heterocycles. The fourth-order valence-corrected chi connectivity index (χ4v) is 2.74. The van der Waals surface area contributed by atoms with Crippen LogP contribution in [0.1, 0.15) is 41.8 Å². The maximum Gasteiger partial charge on any atom is 0.340 e. The summed E-state index contributed by atoms with van der Waals surface area (Å²) in [5, 5.41) is 3.19. The Labute approximate surface area is 132 Å². The molecule has 2 N–H and O–H groups in total. The highest BCUT2D eigenvalue weighted by Crippen LogP contribution is 2.25. The van der Waals surface area contributed by atoms with Crippen LogP contribution in [0.5, 0.6) is 0 Å². The molecule has 0 atom stereocenters. The highest BCUT2D eigenvalue weighted by Gasteiger charge is 2.18. The Morgan fingerprint density at radius 2 is 2.14 bits per heavy atom. The van der Waals surface area contributed by atoms with Crippen molar-refractivity contribution in [3.8, 4) is 0 Å². The minimum atomic E-state index is -0.498. The average molecular weight is 325 g/mol. The summed E-state index contributed by atoms with van der Waals surface area (Å²) >= 11 is 7.33. The van der Waals surface area contributed by atoms with Crippen molar-refractivity contribution in [2.24, 2.45) is 0 Å². The molecule has 0 radical (unpaired) electrons. The molecule has 1 heterocycles. The van der Waals surface area contributed by atoms with E-state index in [2.05, 4.69) is 25.8 Å². The van der Waals surface area contributed by atoms with Gasteiger partial charge in [-0.15, -0.1) is 11.3 Å². The molecule has 0 aliphatic carbocycles. The molecule has 1 aromatic carbocycles. The van der Waals surface area contributed by atoms with E-state index >= 15 is 0 Å². The van der Waals surface area contributed by atoms with Crippen molar-refractivity contribution in [3.63, 3.8) is 0 Å². The van der Waals surface area contributed by atoms with Gasteiger partial charge in [-0.25, -0.2) is 9.78 Å². The third-order valence-electron chi connectivity index (χ3n) is 2.88. The molecule has 0 unspecified atom stereocenters. The minimum Gasteiger partial charge on any atom is -0.455 e. The van der Waals surface area contributed by atoms with Gasteiger partial charge in [-0.1, -0.05) is 32.4 Å². The molecular formula is C15H17ClN2O2S. The van der Waals surface area contributed by atoms with Crippen LogP contribution in [0, 0.1) is 0 Å². The van der Waals surface area contributed by atoms with Crippen LogP contribution >= 0.6 is 22.9 Å². The van der Waals surface area contributed by atoms with Crippen LogP contribution in [0.15, 0.2) is 23.6 Å². The van der Waals surface area contributed by atoms with Crippen LogP contribution in [0.3, 0.4) is 0 Å². The number of nitrogens with two attached hydrogens (primary N) is 1. The summed E-state index contributed by atoms with van der Waals surface area (Å²) in [6.07, 6.45) is 0. The summed E-state index contributed by atoms with van der Waals surface area (Å²) in [5.41, 5.74) is 7.34. The summed E-state index contributed by atoms with van der Waals surface area (Å²) < 4.78 is 5.25. The Balaban J connectivity index is 2.04. The molecule has 2 rings (SSSR count).